The second-order valence-electron chi connectivity index (χ2n) is 8.18. The molecule has 0 atom stereocenters. The van der Waals surface area contributed by atoms with E-state index in [2.05, 4.69) is 20.2 Å². The van der Waals surface area contributed by atoms with Gasteiger partial charge in [-0.1, -0.05) is 42.1 Å². The summed E-state index contributed by atoms with van der Waals surface area (Å²) >= 11 is 1.48. The van der Waals surface area contributed by atoms with Gasteiger partial charge >= 0.3 is 0 Å². The number of thioether (sulfide) groups is 1. The fourth-order valence-electron chi connectivity index (χ4n) is 3.65. The molecule has 5 aromatic rings. The van der Waals surface area contributed by atoms with E-state index in [9.17, 15) is 9.59 Å². The maximum atomic E-state index is 13.3. The topological polar surface area (TPSA) is 102 Å². The van der Waals surface area contributed by atoms with Crippen molar-refractivity contribution in [3.05, 3.63) is 87.2 Å². The Labute approximate surface area is 199 Å². The number of aromatic nitrogens is 6. The lowest BCUT2D eigenvalue weighted by atomic mass is 10.2. The van der Waals surface area contributed by atoms with Gasteiger partial charge in [-0.2, -0.15) is 4.98 Å². The summed E-state index contributed by atoms with van der Waals surface area (Å²) in [6, 6.07) is 15.2. The van der Waals surface area contributed by atoms with Crippen LogP contribution in [0.4, 0.5) is 0 Å². The Balaban J connectivity index is 1.49. The Kier molecular flexibility index (Phi) is 5.99. The Morgan fingerprint density at radius 3 is 2.44 bits per heavy atom. The van der Waals surface area contributed by atoms with Crippen molar-refractivity contribution in [2.45, 2.75) is 17.5 Å². The lowest BCUT2D eigenvalue weighted by Gasteiger charge is -2.12. The second-order valence-corrected chi connectivity index (χ2v) is 9.12. The van der Waals surface area contributed by atoms with E-state index in [1.165, 1.54) is 16.3 Å². The molecule has 0 saturated heterocycles. The number of fused-ring (bicyclic) bond motifs is 2. The lowest BCUT2D eigenvalue weighted by molar-refractivity contribution is 0.381. The van der Waals surface area contributed by atoms with Crippen LogP contribution in [0.25, 0.3) is 27.8 Å². The fourth-order valence-corrected chi connectivity index (χ4v) is 4.40. The van der Waals surface area contributed by atoms with E-state index in [4.69, 9.17) is 0 Å². The summed E-state index contributed by atoms with van der Waals surface area (Å²) in [4.78, 5) is 37.3. The number of hydrogen-bond donors (Lipinski definition) is 1. The quantitative estimate of drug-likeness (QED) is 0.286. The first kappa shape index (κ1) is 22.1. The Morgan fingerprint density at radius 1 is 0.941 bits per heavy atom. The molecule has 0 aliphatic carbocycles. The summed E-state index contributed by atoms with van der Waals surface area (Å²) in [5.41, 5.74) is 1.77. The summed E-state index contributed by atoms with van der Waals surface area (Å²) < 4.78 is 3.03. The summed E-state index contributed by atoms with van der Waals surface area (Å²) in [6.45, 7) is 1.29. The smallest absolute Gasteiger partial charge is 0.266 e. The third kappa shape index (κ3) is 4.37. The molecule has 0 saturated carbocycles. The third-order valence-corrected chi connectivity index (χ3v) is 6.41. The zero-order valence-corrected chi connectivity index (χ0v) is 19.6. The first-order valence-corrected chi connectivity index (χ1v) is 11.8. The zero-order chi connectivity index (χ0) is 23.7. The van der Waals surface area contributed by atoms with Gasteiger partial charge in [-0.3, -0.25) is 14.2 Å². The van der Waals surface area contributed by atoms with Crippen LogP contribution in [-0.4, -0.2) is 54.8 Å². The van der Waals surface area contributed by atoms with Crippen molar-refractivity contribution in [1.82, 2.24) is 34.2 Å². The molecule has 0 aliphatic rings. The van der Waals surface area contributed by atoms with Crippen LogP contribution in [0, 0.1) is 0 Å². The Morgan fingerprint density at radius 2 is 1.68 bits per heavy atom. The van der Waals surface area contributed by atoms with Gasteiger partial charge in [0.2, 0.25) is 11.1 Å². The van der Waals surface area contributed by atoms with Crippen molar-refractivity contribution >= 4 is 33.6 Å². The molecule has 0 spiro atoms. The molecule has 0 fully saturated rings. The van der Waals surface area contributed by atoms with Crippen LogP contribution < -0.4 is 11.1 Å². The molecule has 0 radical (unpaired) electrons. The average molecular weight is 474 g/mol. The molecule has 0 bridgehead atoms. The van der Waals surface area contributed by atoms with Crippen molar-refractivity contribution in [3.8, 4) is 5.95 Å². The van der Waals surface area contributed by atoms with E-state index in [0.29, 0.717) is 39.5 Å². The molecule has 34 heavy (non-hydrogen) atoms. The largest absolute Gasteiger partial charge is 0.314 e. The van der Waals surface area contributed by atoms with Crippen LogP contribution in [0.3, 0.4) is 0 Å². The number of hydrogen-bond acceptors (Lipinski definition) is 7. The second kappa shape index (κ2) is 9.24. The van der Waals surface area contributed by atoms with E-state index in [1.54, 1.807) is 29.1 Å². The molecule has 5 rings (SSSR count). The highest BCUT2D eigenvalue weighted by Gasteiger charge is 2.13. The molecule has 4 heterocycles. The zero-order valence-electron chi connectivity index (χ0n) is 18.8. The first-order valence-electron chi connectivity index (χ1n) is 10.8. The maximum Gasteiger partial charge on any atom is 0.266 e. The predicted octanol–water partition coefficient (Wildman–Crippen LogP) is 2.67. The summed E-state index contributed by atoms with van der Waals surface area (Å²) in [6.07, 6.45) is 3.37. The third-order valence-electron chi connectivity index (χ3n) is 5.50. The van der Waals surface area contributed by atoms with Gasteiger partial charge in [-0.25, -0.2) is 10.1 Å². The van der Waals surface area contributed by atoms with E-state index in [1.807, 2.05) is 55.4 Å². The van der Waals surface area contributed by atoms with Gasteiger partial charge in [-0.15, -0.1) is 5.10 Å². The maximum absolute atomic E-state index is 13.3. The Hall–Kier alpha value is -3.76. The van der Waals surface area contributed by atoms with E-state index in [0.717, 1.165) is 17.9 Å². The summed E-state index contributed by atoms with van der Waals surface area (Å²) in [5, 5.41) is 8.39. The highest BCUT2D eigenvalue weighted by Crippen LogP contribution is 2.20. The van der Waals surface area contributed by atoms with Crippen molar-refractivity contribution in [1.29, 1.82) is 0 Å². The van der Waals surface area contributed by atoms with Crippen LogP contribution in [0.1, 0.15) is 5.56 Å². The van der Waals surface area contributed by atoms with Crippen LogP contribution in [0.5, 0.6) is 0 Å². The van der Waals surface area contributed by atoms with Crippen molar-refractivity contribution in [2.24, 2.45) is 0 Å². The van der Waals surface area contributed by atoms with Crippen molar-refractivity contribution in [2.75, 3.05) is 20.6 Å². The molecule has 0 unspecified atom stereocenters. The molecule has 172 valence electrons. The minimum atomic E-state index is -0.314. The molecule has 4 aromatic heterocycles. The highest BCUT2D eigenvalue weighted by molar-refractivity contribution is 7.98. The molecular weight excluding hydrogens is 450 g/mol. The summed E-state index contributed by atoms with van der Waals surface area (Å²) in [7, 11) is 3.91. The fraction of sp³-hybridized carbons (Fsp3) is 0.208. The standard InChI is InChI=1S/C24H23N7O2S/c1-29(2)12-13-30-10-8-19-17(21(30)32)14-18-20(25-19)9-11-31(22(18)33)23-26-24(28-27-23)34-15-16-6-4-3-5-7-16/h3-11,14H,12-13,15H2,1-2H3,(H,26,27,28). The minimum absolute atomic E-state index is 0.164. The normalized spacial score (nSPS) is 11.6. The number of aromatic amines is 1. The molecule has 9 nitrogen and oxygen atoms in total. The average Bonchev–Trinajstić information content (AvgIpc) is 3.31. The van der Waals surface area contributed by atoms with Crippen LogP contribution in [-0.2, 0) is 12.3 Å². The monoisotopic (exact) mass is 473 g/mol. The SMILES string of the molecule is CN(C)CCn1ccc2nc3ccn(-c4nc(SCc5ccccc5)n[nH]4)c(=O)c3cc2c1=O. The molecule has 1 N–H and O–H groups in total. The van der Waals surface area contributed by atoms with Gasteiger partial charge in [0.1, 0.15) is 0 Å². The molecule has 0 amide bonds. The number of H-pyrrole nitrogens is 1. The molecular formula is C24H23N7O2S. The first-order chi connectivity index (χ1) is 16.5. The lowest BCUT2D eigenvalue weighted by Crippen LogP contribution is -2.26. The van der Waals surface area contributed by atoms with Gasteiger partial charge < -0.3 is 9.47 Å². The highest BCUT2D eigenvalue weighted by atomic mass is 32.2. The van der Waals surface area contributed by atoms with Gasteiger partial charge in [0.05, 0.1) is 21.8 Å². The molecule has 10 heteroatoms. The van der Waals surface area contributed by atoms with E-state index < -0.39 is 0 Å². The molecule has 1 aromatic carbocycles. The van der Waals surface area contributed by atoms with Crippen LogP contribution in [0.15, 0.2) is 75.7 Å². The predicted molar refractivity (Wildman–Crippen MR) is 134 cm³/mol. The number of benzene rings is 1. The van der Waals surface area contributed by atoms with Gasteiger partial charge in [0, 0.05) is 31.2 Å². The molecule has 0 aliphatic heterocycles. The van der Waals surface area contributed by atoms with Gasteiger partial charge in [0.15, 0.2) is 0 Å². The number of nitrogens with one attached hydrogen (secondary N) is 1. The van der Waals surface area contributed by atoms with Crippen LogP contribution >= 0.6 is 11.8 Å². The van der Waals surface area contributed by atoms with Gasteiger partial charge in [0.25, 0.3) is 11.1 Å². The number of likely N-dealkylation sites (N-methyl/N-ethyl adjacent to an activating group) is 1. The summed E-state index contributed by atoms with van der Waals surface area (Å²) in [5.74, 6) is 1.04. The van der Waals surface area contributed by atoms with Crippen molar-refractivity contribution < 1.29 is 0 Å². The number of pyridine rings is 3. The van der Waals surface area contributed by atoms with Gasteiger partial charge in [-0.05, 0) is 37.9 Å². The number of nitrogens with zero attached hydrogens (tertiary/aromatic N) is 6. The minimum Gasteiger partial charge on any atom is -0.314 e. The van der Waals surface area contributed by atoms with E-state index in [-0.39, 0.29) is 11.1 Å². The van der Waals surface area contributed by atoms with E-state index >= 15 is 0 Å². The Bertz CT molecular complexity index is 1590. The number of rotatable bonds is 7. The van der Waals surface area contributed by atoms with Crippen molar-refractivity contribution in [3.63, 3.8) is 0 Å². The van der Waals surface area contributed by atoms with Crippen LogP contribution in [0.2, 0.25) is 0 Å².